The van der Waals surface area contributed by atoms with Crippen molar-refractivity contribution in [1.29, 1.82) is 0 Å². The van der Waals surface area contributed by atoms with Gasteiger partial charge in [-0.1, -0.05) is 60.7 Å². The van der Waals surface area contributed by atoms with Crippen LogP contribution in [0.3, 0.4) is 0 Å². The third-order valence-electron chi connectivity index (χ3n) is 5.11. The van der Waals surface area contributed by atoms with Crippen molar-refractivity contribution in [2.75, 3.05) is 7.11 Å². The molecular weight excluding hydrogens is 386 g/mol. The first-order chi connectivity index (χ1) is 15.2. The van der Waals surface area contributed by atoms with Crippen molar-refractivity contribution in [3.63, 3.8) is 0 Å². The van der Waals surface area contributed by atoms with Crippen molar-refractivity contribution in [3.05, 3.63) is 114 Å². The van der Waals surface area contributed by atoms with Crippen molar-refractivity contribution in [3.8, 4) is 17.1 Å². The number of rotatable bonds is 6. The highest BCUT2D eigenvalue weighted by Crippen LogP contribution is 2.23. The van der Waals surface area contributed by atoms with Crippen LogP contribution in [-0.2, 0) is 0 Å². The van der Waals surface area contributed by atoms with Gasteiger partial charge in [-0.3, -0.25) is 4.79 Å². The van der Waals surface area contributed by atoms with E-state index in [1.165, 1.54) is 0 Å². The van der Waals surface area contributed by atoms with Crippen molar-refractivity contribution in [1.82, 2.24) is 15.3 Å². The van der Waals surface area contributed by atoms with Gasteiger partial charge in [0.15, 0.2) is 5.82 Å². The van der Waals surface area contributed by atoms with Crippen LogP contribution in [-0.4, -0.2) is 23.0 Å². The zero-order valence-corrected chi connectivity index (χ0v) is 17.4. The van der Waals surface area contributed by atoms with Gasteiger partial charge in [0.05, 0.1) is 24.4 Å². The SMILES string of the molecule is COc1ccc(-c2ncc(C(=O)NC(c3ccccc3)c3ccccc3)c(C)n2)cc1. The van der Waals surface area contributed by atoms with Gasteiger partial charge in [0.25, 0.3) is 5.91 Å². The van der Waals surface area contributed by atoms with E-state index in [4.69, 9.17) is 4.74 Å². The molecule has 0 spiro atoms. The third kappa shape index (κ3) is 4.61. The summed E-state index contributed by atoms with van der Waals surface area (Å²) in [4.78, 5) is 22.1. The highest BCUT2D eigenvalue weighted by molar-refractivity contribution is 5.95. The fourth-order valence-electron chi connectivity index (χ4n) is 3.43. The van der Waals surface area contributed by atoms with E-state index in [1.54, 1.807) is 13.3 Å². The minimum atomic E-state index is -0.268. The van der Waals surface area contributed by atoms with Crippen LogP contribution < -0.4 is 10.1 Å². The summed E-state index contributed by atoms with van der Waals surface area (Å²) in [5.41, 5.74) is 3.96. The van der Waals surface area contributed by atoms with Crippen LogP contribution in [0.5, 0.6) is 5.75 Å². The smallest absolute Gasteiger partial charge is 0.255 e. The van der Waals surface area contributed by atoms with Gasteiger partial charge in [-0.05, 0) is 42.3 Å². The molecule has 1 amide bonds. The quantitative estimate of drug-likeness (QED) is 0.488. The number of methoxy groups -OCH3 is 1. The number of nitrogens with zero attached hydrogens (tertiary/aromatic N) is 2. The number of ether oxygens (including phenoxy) is 1. The molecule has 1 aromatic heterocycles. The number of benzene rings is 3. The summed E-state index contributed by atoms with van der Waals surface area (Å²) in [6.45, 7) is 1.82. The van der Waals surface area contributed by atoms with Gasteiger partial charge < -0.3 is 10.1 Å². The fourth-order valence-corrected chi connectivity index (χ4v) is 3.43. The first-order valence-corrected chi connectivity index (χ1v) is 10.0. The number of nitrogens with one attached hydrogen (secondary N) is 1. The summed E-state index contributed by atoms with van der Waals surface area (Å²) in [7, 11) is 1.63. The Hall–Kier alpha value is -3.99. The predicted octanol–water partition coefficient (Wildman–Crippen LogP) is 4.98. The summed E-state index contributed by atoms with van der Waals surface area (Å²) in [6.07, 6.45) is 1.59. The predicted molar refractivity (Wildman–Crippen MR) is 121 cm³/mol. The van der Waals surface area contributed by atoms with E-state index in [0.717, 1.165) is 22.4 Å². The molecule has 0 aliphatic carbocycles. The van der Waals surface area contributed by atoms with Gasteiger partial charge in [0.1, 0.15) is 5.75 Å². The number of hydrogen-bond acceptors (Lipinski definition) is 4. The standard InChI is InChI=1S/C26H23N3O2/c1-18-23(17-27-25(28-18)21-13-15-22(31-2)16-14-21)26(30)29-24(19-9-5-3-6-10-19)20-11-7-4-8-12-20/h3-17,24H,1-2H3,(H,29,30). The third-order valence-corrected chi connectivity index (χ3v) is 5.11. The van der Waals surface area contributed by atoms with E-state index in [2.05, 4.69) is 15.3 Å². The van der Waals surface area contributed by atoms with Crippen molar-refractivity contribution >= 4 is 5.91 Å². The normalized spacial score (nSPS) is 10.7. The molecule has 4 rings (SSSR count). The topological polar surface area (TPSA) is 64.1 Å². The van der Waals surface area contributed by atoms with E-state index < -0.39 is 0 Å². The number of carbonyl (C=O) groups excluding carboxylic acids is 1. The van der Waals surface area contributed by atoms with Crippen LogP contribution in [0.25, 0.3) is 11.4 Å². The van der Waals surface area contributed by atoms with Crippen LogP contribution >= 0.6 is 0 Å². The minimum Gasteiger partial charge on any atom is -0.497 e. The molecule has 5 heteroatoms. The Morgan fingerprint density at radius 3 is 1.97 bits per heavy atom. The maximum absolute atomic E-state index is 13.1. The Bertz CT molecular complexity index is 1120. The Morgan fingerprint density at radius 2 is 1.45 bits per heavy atom. The molecule has 0 radical (unpaired) electrons. The van der Waals surface area contributed by atoms with E-state index in [-0.39, 0.29) is 11.9 Å². The second-order valence-electron chi connectivity index (χ2n) is 7.15. The average molecular weight is 409 g/mol. The number of aryl methyl sites for hydroxylation is 1. The number of amides is 1. The Kier molecular flexibility index (Phi) is 6.03. The first-order valence-electron chi connectivity index (χ1n) is 10.0. The largest absolute Gasteiger partial charge is 0.497 e. The molecule has 0 unspecified atom stereocenters. The zero-order chi connectivity index (χ0) is 21.6. The lowest BCUT2D eigenvalue weighted by Gasteiger charge is -2.20. The molecule has 0 bridgehead atoms. The molecule has 1 heterocycles. The first kappa shape index (κ1) is 20.3. The summed E-state index contributed by atoms with van der Waals surface area (Å²) in [5, 5.41) is 3.15. The Balaban J connectivity index is 1.60. The molecular formula is C26H23N3O2. The maximum atomic E-state index is 13.1. The maximum Gasteiger partial charge on any atom is 0.255 e. The fraction of sp³-hybridized carbons (Fsp3) is 0.115. The molecule has 0 aliphatic heterocycles. The average Bonchev–Trinajstić information content (AvgIpc) is 2.83. The van der Waals surface area contributed by atoms with Gasteiger partial charge in [0, 0.05) is 11.8 Å². The molecule has 0 saturated carbocycles. The van der Waals surface area contributed by atoms with E-state index in [1.807, 2.05) is 91.9 Å². The molecule has 1 N–H and O–H groups in total. The second-order valence-corrected chi connectivity index (χ2v) is 7.15. The van der Waals surface area contributed by atoms with Gasteiger partial charge in [-0.2, -0.15) is 0 Å². The van der Waals surface area contributed by atoms with Crippen LogP contribution in [0.2, 0.25) is 0 Å². The number of aromatic nitrogens is 2. The summed E-state index contributed by atoms with van der Waals surface area (Å²) < 4.78 is 5.20. The molecule has 0 fully saturated rings. The summed E-state index contributed by atoms with van der Waals surface area (Å²) >= 11 is 0. The molecule has 154 valence electrons. The van der Waals surface area contributed by atoms with Crippen LogP contribution in [0, 0.1) is 6.92 Å². The Labute approximate surface area is 181 Å². The number of hydrogen-bond donors (Lipinski definition) is 1. The molecule has 0 atom stereocenters. The zero-order valence-electron chi connectivity index (χ0n) is 17.4. The molecule has 0 aliphatic rings. The van der Waals surface area contributed by atoms with Crippen molar-refractivity contribution < 1.29 is 9.53 Å². The molecule has 3 aromatic carbocycles. The molecule has 0 saturated heterocycles. The Morgan fingerprint density at radius 1 is 0.871 bits per heavy atom. The van der Waals surface area contributed by atoms with Gasteiger partial charge in [0.2, 0.25) is 0 Å². The van der Waals surface area contributed by atoms with Crippen LogP contribution in [0.1, 0.15) is 33.2 Å². The highest BCUT2D eigenvalue weighted by Gasteiger charge is 2.20. The number of carbonyl (C=O) groups is 1. The van der Waals surface area contributed by atoms with Crippen molar-refractivity contribution in [2.45, 2.75) is 13.0 Å². The lowest BCUT2D eigenvalue weighted by Crippen LogP contribution is -2.30. The van der Waals surface area contributed by atoms with Gasteiger partial charge in [-0.15, -0.1) is 0 Å². The minimum absolute atomic E-state index is 0.212. The highest BCUT2D eigenvalue weighted by atomic mass is 16.5. The molecule has 5 nitrogen and oxygen atoms in total. The summed E-state index contributed by atoms with van der Waals surface area (Å²) in [5.74, 6) is 1.13. The van der Waals surface area contributed by atoms with Gasteiger partial charge >= 0.3 is 0 Å². The van der Waals surface area contributed by atoms with Crippen molar-refractivity contribution in [2.24, 2.45) is 0 Å². The van der Waals surface area contributed by atoms with E-state index in [0.29, 0.717) is 17.1 Å². The van der Waals surface area contributed by atoms with Crippen LogP contribution in [0.15, 0.2) is 91.1 Å². The lowest BCUT2D eigenvalue weighted by atomic mass is 9.98. The van der Waals surface area contributed by atoms with Gasteiger partial charge in [-0.25, -0.2) is 9.97 Å². The molecule has 31 heavy (non-hydrogen) atoms. The van der Waals surface area contributed by atoms with Crippen LogP contribution in [0.4, 0.5) is 0 Å². The lowest BCUT2D eigenvalue weighted by molar-refractivity contribution is 0.0941. The van der Waals surface area contributed by atoms with E-state index in [9.17, 15) is 4.79 Å². The summed E-state index contributed by atoms with van der Waals surface area (Å²) in [6, 6.07) is 27.1. The molecule has 4 aromatic rings. The monoisotopic (exact) mass is 409 g/mol. The second kappa shape index (κ2) is 9.22. The van der Waals surface area contributed by atoms with E-state index >= 15 is 0 Å².